The normalized spacial score (nSPS) is 12.9. The van der Waals surface area contributed by atoms with Gasteiger partial charge in [0, 0.05) is 12.5 Å². The molecule has 0 aromatic heterocycles. The Morgan fingerprint density at radius 1 is 1.40 bits per heavy atom. The van der Waals surface area contributed by atoms with E-state index in [-0.39, 0.29) is 23.8 Å². The second-order valence-corrected chi connectivity index (χ2v) is 3.39. The van der Waals surface area contributed by atoms with Crippen LogP contribution in [0.1, 0.15) is 30.4 Å². The molecule has 1 unspecified atom stereocenters. The predicted octanol–water partition coefficient (Wildman–Crippen LogP) is 2.73. The first-order valence-electron chi connectivity index (χ1n) is 4.67. The van der Waals surface area contributed by atoms with E-state index in [1.54, 1.807) is 13.0 Å². The fraction of sp³-hybridized carbons (Fsp3) is 0.455. The Bertz CT molecular complexity index is 326. The van der Waals surface area contributed by atoms with E-state index in [0.717, 1.165) is 0 Å². The zero-order chi connectivity index (χ0) is 11.4. The summed E-state index contributed by atoms with van der Waals surface area (Å²) in [4.78, 5) is 0. The van der Waals surface area contributed by atoms with E-state index in [4.69, 9.17) is 9.84 Å². The van der Waals surface area contributed by atoms with Gasteiger partial charge >= 0.3 is 0 Å². The minimum absolute atomic E-state index is 0.0605. The van der Waals surface area contributed by atoms with E-state index in [0.29, 0.717) is 5.56 Å². The topological polar surface area (TPSA) is 29.5 Å². The molecule has 0 aliphatic rings. The SMILES string of the molecule is COc1ccc(C(C)CO)cc1C(F)F. The van der Waals surface area contributed by atoms with Crippen LogP contribution in [-0.2, 0) is 0 Å². The summed E-state index contributed by atoms with van der Waals surface area (Å²) in [6.07, 6.45) is -2.56. The summed E-state index contributed by atoms with van der Waals surface area (Å²) < 4.78 is 30.1. The summed E-state index contributed by atoms with van der Waals surface area (Å²) in [5.74, 6) is 0.0345. The van der Waals surface area contributed by atoms with Crippen molar-refractivity contribution in [2.24, 2.45) is 0 Å². The van der Waals surface area contributed by atoms with E-state index in [2.05, 4.69) is 0 Å². The smallest absolute Gasteiger partial charge is 0.267 e. The maximum atomic E-state index is 12.6. The first-order valence-corrected chi connectivity index (χ1v) is 4.67. The van der Waals surface area contributed by atoms with Crippen LogP contribution in [0.15, 0.2) is 18.2 Å². The second-order valence-electron chi connectivity index (χ2n) is 3.39. The average molecular weight is 216 g/mol. The number of aliphatic hydroxyl groups is 1. The van der Waals surface area contributed by atoms with Crippen LogP contribution in [0, 0.1) is 0 Å². The molecule has 0 heterocycles. The monoisotopic (exact) mass is 216 g/mol. The molecule has 2 nitrogen and oxygen atoms in total. The molecule has 0 aliphatic heterocycles. The van der Waals surface area contributed by atoms with Crippen LogP contribution in [0.3, 0.4) is 0 Å². The molecule has 0 aliphatic carbocycles. The molecule has 84 valence electrons. The third-order valence-corrected chi connectivity index (χ3v) is 2.33. The standard InChI is InChI=1S/C11H14F2O2/c1-7(6-14)8-3-4-10(15-2)9(5-8)11(12)13/h3-5,7,11,14H,6H2,1-2H3. The van der Waals surface area contributed by atoms with Crippen molar-refractivity contribution in [3.8, 4) is 5.75 Å². The third-order valence-electron chi connectivity index (χ3n) is 2.33. The number of alkyl halides is 2. The molecule has 0 radical (unpaired) electrons. The van der Waals surface area contributed by atoms with Crippen molar-refractivity contribution in [1.82, 2.24) is 0 Å². The van der Waals surface area contributed by atoms with Crippen molar-refractivity contribution in [3.05, 3.63) is 29.3 Å². The number of ether oxygens (including phenoxy) is 1. The van der Waals surface area contributed by atoms with Gasteiger partial charge in [0.1, 0.15) is 5.75 Å². The molecule has 0 fully saturated rings. The summed E-state index contributed by atoms with van der Waals surface area (Å²) in [6, 6.07) is 4.57. The van der Waals surface area contributed by atoms with E-state index in [1.807, 2.05) is 0 Å². The molecular weight excluding hydrogens is 202 g/mol. The zero-order valence-electron chi connectivity index (χ0n) is 8.71. The van der Waals surface area contributed by atoms with Crippen molar-refractivity contribution in [2.45, 2.75) is 19.3 Å². The number of halogens is 2. The van der Waals surface area contributed by atoms with Gasteiger partial charge in [0.15, 0.2) is 0 Å². The number of benzene rings is 1. The molecule has 4 heteroatoms. The van der Waals surface area contributed by atoms with E-state index < -0.39 is 6.43 Å². The van der Waals surface area contributed by atoms with Crippen LogP contribution in [0.4, 0.5) is 8.78 Å². The van der Waals surface area contributed by atoms with Gasteiger partial charge in [-0.2, -0.15) is 0 Å². The first kappa shape index (κ1) is 11.9. The minimum atomic E-state index is -2.56. The predicted molar refractivity (Wildman–Crippen MR) is 53.5 cm³/mol. The van der Waals surface area contributed by atoms with Gasteiger partial charge in [0.2, 0.25) is 0 Å². The van der Waals surface area contributed by atoms with Crippen LogP contribution in [0.25, 0.3) is 0 Å². The molecule has 1 aromatic carbocycles. The molecule has 0 spiro atoms. The van der Waals surface area contributed by atoms with Gasteiger partial charge in [0.05, 0.1) is 12.7 Å². The number of methoxy groups -OCH3 is 1. The molecular formula is C11H14F2O2. The summed E-state index contributed by atoms with van der Waals surface area (Å²) in [7, 11) is 1.36. The number of hydrogen-bond acceptors (Lipinski definition) is 2. The van der Waals surface area contributed by atoms with Crippen LogP contribution < -0.4 is 4.74 Å². The third kappa shape index (κ3) is 2.65. The molecule has 0 amide bonds. The lowest BCUT2D eigenvalue weighted by Gasteiger charge is -2.13. The first-order chi connectivity index (χ1) is 7.10. The molecule has 1 atom stereocenters. The quantitative estimate of drug-likeness (QED) is 0.838. The maximum Gasteiger partial charge on any atom is 0.267 e. The maximum absolute atomic E-state index is 12.6. The van der Waals surface area contributed by atoms with Crippen molar-refractivity contribution < 1.29 is 18.6 Å². The number of hydrogen-bond donors (Lipinski definition) is 1. The lowest BCUT2D eigenvalue weighted by Crippen LogP contribution is -2.01. The molecule has 1 rings (SSSR count). The van der Waals surface area contributed by atoms with E-state index in [1.165, 1.54) is 19.2 Å². The van der Waals surface area contributed by atoms with Gasteiger partial charge < -0.3 is 9.84 Å². The van der Waals surface area contributed by atoms with E-state index in [9.17, 15) is 8.78 Å². The van der Waals surface area contributed by atoms with Crippen molar-refractivity contribution >= 4 is 0 Å². The van der Waals surface area contributed by atoms with Gasteiger partial charge in [-0.3, -0.25) is 0 Å². The molecule has 15 heavy (non-hydrogen) atoms. The van der Waals surface area contributed by atoms with Crippen LogP contribution >= 0.6 is 0 Å². The summed E-state index contributed by atoms with van der Waals surface area (Å²) >= 11 is 0. The molecule has 0 saturated carbocycles. The highest BCUT2D eigenvalue weighted by atomic mass is 19.3. The van der Waals surface area contributed by atoms with Crippen molar-refractivity contribution in [1.29, 1.82) is 0 Å². The Kier molecular flexibility index (Phi) is 4.03. The van der Waals surface area contributed by atoms with E-state index >= 15 is 0 Å². The Morgan fingerprint density at radius 2 is 2.07 bits per heavy atom. The molecule has 0 bridgehead atoms. The number of rotatable bonds is 4. The van der Waals surface area contributed by atoms with Gasteiger partial charge in [-0.15, -0.1) is 0 Å². The van der Waals surface area contributed by atoms with Gasteiger partial charge in [-0.1, -0.05) is 13.0 Å². The summed E-state index contributed by atoms with van der Waals surface area (Å²) in [5.41, 5.74) is 0.559. The Morgan fingerprint density at radius 3 is 2.53 bits per heavy atom. The van der Waals surface area contributed by atoms with Gasteiger partial charge in [-0.25, -0.2) is 8.78 Å². The molecule has 1 aromatic rings. The Balaban J connectivity index is 3.10. The fourth-order valence-corrected chi connectivity index (χ4v) is 1.34. The molecule has 1 N–H and O–H groups in total. The lowest BCUT2D eigenvalue weighted by atomic mass is 9.99. The average Bonchev–Trinajstić information content (AvgIpc) is 2.27. The second kappa shape index (κ2) is 5.07. The summed E-state index contributed by atoms with van der Waals surface area (Å²) in [6.45, 7) is 1.71. The largest absolute Gasteiger partial charge is 0.496 e. The van der Waals surface area contributed by atoms with Crippen molar-refractivity contribution in [2.75, 3.05) is 13.7 Å². The van der Waals surface area contributed by atoms with Crippen LogP contribution in [0.5, 0.6) is 5.75 Å². The van der Waals surface area contributed by atoms with Crippen LogP contribution in [0.2, 0.25) is 0 Å². The van der Waals surface area contributed by atoms with Gasteiger partial charge in [0.25, 0.3) is 6.43 Å². The zero-order valence-corrected chi connectivity index (χ0v) is 8.71. The molecule has 0 saturated heterocycles. The summed E-state index contributed by atoms with van der Waals surface area (Å²) in [5, 5.41) is 8.93. The highest BCUT2D eigenvalue weighted by Crippen LogP contribution is 2.31. The number of aliphatic hydroxyl groups excluding tert-OH is 1. The Hall–Kier alpha value is -1.16. The fourth-order valence-electron chi connectivity index (χ4n) is 1.34. The minimum Gasteiger partial charge on any atom is -0.496 e. The van der Waals surface area contributed by atoms with Crippen molar-refractivity contribution in [3.63, 3.8) is 0 Å². The highest BCUT2D eigenvalue weighted by Gasteiger charge is 2.16. The van der Waals surface area contributed by atoms with Crippen LogP contribution in [-0.4, -0.2) is 18.8 Å². The Labute approximate surface area is 87.5 Å². The van der Waals surface area contributed by atoms with Gasteiger partial charge in [-0.05, 0) is 17.7 Å². The highest BCUT2D eigenvalue weighted by molar-refractivity contribution is 5.39. The lowest BCUT2D eigenvalue weighted by molar-refractivity contribution is 0.147.